The number of allylic oxidation sites excluding steroid dienone is 4. The lowest BCUT2D eigenvalue weighted by Crippen LogP contribution is -1.96. The van der Waals surface area contributed by atoms with Crippen LogP contribution in [0.15, 0.2) is 17.7 Å². The molecule has 1 aliphatic carbocycles. The van der Waals surface area contributed by atoms with Crippen LogP contribution < -0.4 is 0 Å². The molecule has 0 atom stereocenters. The van der Waals surface area contributed by atoms with Crippen LogP contribution >= 0.6 is 12.2 Å². The van der Waals surface area contributed by atoms with Gasteiger partial charge in [-0.05, 0) is 18.6 Å². The maximum Gasteiger partial charge on any atom is 0.0219 e. The van der Waals surface area contributed by atoms with E-state index in [-0.39, 0.29) is 0 Å². The molecule has 8 heavy (non-hydrogen) atoms. The minimum Gasteiger partial charge on any atom is -0.0843 e. The molecule has 1 heteroatoms. The van der Waals surface area contributed by atoms with Crippen molar-refractivity contribution in [1.29, 1.82) is 0 Å². The van der Waals surface area contributed by atoms with Gasteiger partial charge in [-0.3, -0.25) is 0 Å². The summed E-state index contributed by atoms with van der Waals surface area (Å²) in [5.41, 5.74) is 1.18. The highest BCUT2D eigenvalue weighted by molar-refractivity contribution is 7.80. The first kappa shape index (κ1) is 5.70. The molecule has 0 heterocycles. The molecule has 0 saturated heterocycles. The van der Waals surface area contributed by atoms with E-state index in [1.807, 2.05) is 19.1 Å². The summed E-state index contributed by atoms with van der Waals surface area (Å²) in [6, 6.07) is 0. The Morgan fingerprint density at radius 3 is 2.88 bits per heavy atom. The molecule has 0 aromatic carbocycles. The molecule has 1 rings (SSSR count). The van der Waals surface area contributed by atoms with E-state index < -0.39 is 0 Å². The molecule has 0 spiro atoms. The predicted octanol–water partition coefficient (Wildman–Crippen LogP) is 2.07. The molecule has 0 N–H and O–H groups in total. The summed E-state index contributed by atoms with van der Waals surface area (Å²) >= 11 is 4.99. The molecule has 0 aromatic heterocycles. The van der Waals surface area contributed by atoms with Gasteiger partial charge in [-0.25, -0.2) is 0 Å². The summed E-state index contributed by atoms with van der Waals surface area (Å²) in [6.07, 6.45) is 7.77. The minimum atomic E-state index is 0.900. The van der Waals surface area contributed by atoms with E-state index in [9.17, 15) is 0 Å². The van der Waals surface area contributed by atoms with Crippen molar-refractivity contribution in [3.05, 3.63) is 23.8 Å². The topological polar surface area (TPSA) is 0 Å². The number of rotatable bonds is 0. The summed E-state index contributed by atoms with van der Waals surface area (Å²) in [7, 11) is 0. The predicted molar refractivity (Wildman–Crippen MR) is 38.8 cm³/mol. The smallest absolute Gasteiger partial charge is 0.0219 e. The second-order valence-corrected chi connectivity index (χ2v) is 2.32. The molecule has 0 saturated carbocycles. The van der Waals surface area contributed by atoms with Crippen LogP contribution in [0.3, 0.4) is 0 Å². The van der Waals surface area contributed by atoms with Gasteiger partial charge < -0.3 is 0 Å². The van der Waals surface area contributed by atoms with E-state index in [0.717, 1.165) is 11.3 Å². The van der Waals surface area contributed by atoms with E-state index in [0.29, 0.717) is 0 Å². The summed E-state index contributed by atoms with van der Waals surface area (Å²) in [6.45, 7) is 2.02. The van der Waals surface area contributed by atoms with Crippen LogP contribution in [0.1, 0.15) is 13.3 Å². The van der Waals surface area contributed by atoms with Gasteiger partial charge in [0.2, 0.25) is 0 Å². The third-order valence-electron chi connectivity index (χ3n) is 1.14. The van der Waals surface area contributed by atoms with Crippen molar-refractivity contribution in [3.63, 3.8) is 0 Å². The van der Waals surface area contributed by atoms with Crippen molar-refractivity contribution in [2.24, 2.45) is 0 Å². The van der Waals surface area contributed by atoms with Crippen LogP contribution in [0.2, 0.25) is 0 Å². The van der Waals surface area contributed by atoms with Crippen molar-refractivity contribution in [1.82, 2.24) is 0 Å². The van der Waals surface area contributed by atoms with Gasteiger partial charge in [-0.2, -0.15) is 0 Å². The SMILES string of the molecule is CC1=C[C]=CCC1=S. The lowest BCUT2D eigenvalue weighted by atomic mass is 10.1. The molecular weight excluding hydrogens is 116 g/mol. The highest BCUT2D eigenvalue weighted by Gasteiger charge is 1.98. The Kier molecular flexibility index (Phi) is 1.59. The molecule has 0 fully saturated rings. The van der Waals surface area contributed by atoms with Crippen LogP contribution in [0.4, 0.5) is 0 Å². The van der Waals surface area contributed by atoms with Gasteiger partial charge in [-0.15, -0.1) is 0 Å². The molecule has 0 bridgehead atoms. The summed E-state index contributed by atoms with van der Waals surface area (Å²) < 4.78 is 0. The third-order valence-corrected chi connectivity index (χ3v) is 1.63. The van der Waals surface area contributed by atoms with Gasteiger partial charge in [0.25, 0.3) is 0 Å². The number of hydrogen-bond donors (Lipinski definition) is 0. The van der Waals surface area contributed by atoms with Crippen LogP contribution in [0.5, 0.6) is 0 Å². The van der Waals surface area contributed by atoms with E-state index >= 15 is 0 Å². The molecule has 1 aliphatic rings. The quantitative estimate of drug-likeness (QED) is 0.444. The first-order valence-electron chi connectivity index (χ1n) is 2.58. The first-order valence-corrected chi connectivity index (χ1v) is 2.99. The summed E-state index contributed by atoms with van der Waals surface area (Å²) in [5, 5.41) is 0. The fraction of sp³-hybridized carbons (Fsp3) is 0.286. The van der Waals surface area contributed by atoms with E-state index in [1.165, 1.54) is 5.57 Å². The van der Waals surface area contributed by atoms with Gasteiger partial charge >= 0.3 is 0 Å². The van der Waals surface area contributed by atoms with Crippen molar-refractivity contribution < 1.29 is 0 Å². The van der Waals surface area contributed by atoms with E-state index in [4.69, 9.17) is 12.2 Å². The largest absolute Gasteiger partial charge is 0.0843 e. The Hall–Kier alpha value is -0.430. The molecule has 0 nitrogen and oxygen atoms in total. The zero-order valence-corrected chi connectivity index (χ0v) is 5.59. The Morgan fingerprint density at radius 2 is 2.50 bits per heavy atom. The number of hydrogen-bond acceptors (Lipinski definition) is 1. The van der Waals surface area contributed by atoms with Gasteiger partial charge in [-0.1, -0.05) is 24.4 Å². The molecular formula is C7H7S. The average molecular weight is 123 g/mol. The van der Waals surface area contributed by atoms with Gasteiger partial charge in [0.1, 0.15) is 0 Å². The maximum atomic E-state index is 4.99. The Labute approximate surface area is 54.9 Å². The normalized spacial score (nSPS) is 18.6. The van der Waals surface area contributed by atoms with Crippen molar-refractivity contribution in [3.8, 4) is 0 Å². The average Bonchev–Trinajstić information content (AvgIpc) is 1.77. The third kappa shape index (κ3) is 1.04. The van der Waals surface area contributed by atoms with Crippen molar-refractivity contribution in [2.45, 2.75) is 13.3 Å². The molecule has 0 aromatic rings. The van der Waals surface area contributed by atoms with Crippen molar-refractivity contribution in [2.75, 3.05) is 0 Å². The first-order chi connectivity index (χ1) is 3.80. The molecule has 1 radical (unpaired) electrons. The van der Waals surface area contributed by atoms with Crippen LogP contribution in [-0.4, -0.2) is 4.86 Å². The van der Waals surface area contributed by atoms with Gasteiger partial charge in [0.15, 0.2) is 0 Å². The van der Waals surface area contributed by atoms with Crippen molar-refractivity contribution >= 4 is 17.1 Å². The summed E-state index contributed by atoms with van der Waals surface area (Å²) in [4.78, 5) is 1.05. The molecule has 41 valence electrons. The molecule has 0 unspecified atom stereocenters. The maximum absolute atomic E-state index is 4.99. The Bertz CT molecular complexity index is 163. The van der Waals surface area contributed by atoms with Gasteiger partial charge in [0.05, 0.1) is 0 Å². The van der Waals surface area contributed by atoms with E-state index in [1.54, 1.807) is 0 Å². The zero-order valence-electron chi connectivity index (χ0n) is 4.77. The van der Waals surface area contributed by atoms with Crippen LogP contribution in [0.25, 0.3) is 0 Å². The lowest BCUT2D eigenvalue weighted by molar-refractivity contribution is 1.40. The standard InChI is InChI=1S/C7H7S/c1-6-4-2-3-5-7(6)8/h3-4H,5H2,1H3. The second kappa shape index (κ2) is 2.23. The van der Waals surface area contributed by atoms with Crippen LogP contribution in [-0.2, 0) is 0 Å². The fourth-order valence-electron chi connectivity index (χ4n) is 0.577. The second-order valence-electron chi connectivity index (χ2n) is 1.83. The molecule has 0 aliphatic heterocycles. The lowest BCUT2D eigenvalue weighted by Gasteiger charge is -2.01. The minimum absolute atomic E-state index is 0.900. The van der Waals surface area contributed by atoms with E-state index in [2.05, 4.69) is 6.08 Å². The fourth-order valence-corrected chi connectivity index (χ4v) is 0.719. The monoisotopic (exact) mass is 123 g/mol. The van der Waals surface area contributed by atoms with Crippen LogP contribution in [0, 0.1) is 6.08 Å². The van der Waals surface area contributed by atoms with Gasteiger partial charge in [0, 0.05) is 11.3 Å². The summed E-state index contributed by atoms with van der Waals surface area (Å²) in [5.74, 6) is 0. The highest BCUT2D eigenvalue weighted by Crippen LogP contribution is 2.06. The zero-order chi connectivity index (χ0) is 5.98. The number of thiocarbonyl (C=S) groups is 1. The Balaban J connectivity index is 2.80. The Morgan fingerprint density at radius 1 is 1.75 bits per heavy atom. The highest BCUT2D eigenvalue weighted by atomic mass is 32.1. The molecule has 0 amide bonds.